The van der Waals surface area contributed by atoms with E-state index in [1.807, 2.05) is 0 Å². The van der Waals surface area contributed by atoms with Crippen molar-refractivity contribution in [3.8, 4) is 0 Å². The number of hydrogen-bond acceptors (Lipinski definition) is 8. The normalized spacial score (nSPS) is 12.4. The highest BCUT2D eigenvalue weighted by Crippen LogP contribution is 2.24. The van der Waals surface area contributed by atoms with Crippen molar-refractivity contribution in [3.63, 3.8) is 0 Å². The summed E-state index contributed by atoms with van der Waals surface area (Å²) in [5.74, 6) is -0.795. The first kappa shape index (κ1) is 22.5. The number of anilines is 2. The van der Waals surface area contributed by atoms with Crippen LogP contribution in [0.5, 0.6) is 0 Å². The third-order valence-electron chi connectivity index (χ3n) is 3.48. The molecule has 11 heteroatoms. The average molecular weight is 455 g/mol. The van der Waals surface area contributed by atoms with Gasteiger partial charge in [0.25, 0.3) is 0 Å². The van der Waals surface area contributed by atoms with Gasteiger partial charge in [-0.3, -0.25) is 20.4 Å². The Labute approximate surface area is 177 Å². The molecular weight excluding hydrogens is 439 g/mol. The van der Waals surface area contributed by atoms with Crippen molar-refractivity contribution in [2.45, 2.75) is 23.6 Å². The lowest BCUT2D eigenvalue weighted by atomic mass is 10.3. The summed E-state index contributed by atoms with van der Waals surface area (Å²) < 4.78 is 25.5. The minimum absolute atomic E-state index is 0.0723. The van der Waals surface area contributed by atoms with Gasteiger partial charge in [0, 0.05) is 13.8 Å². The summed E-state index contributed by atoms with van der Waals surface area (Å²) in [5, 5.41) is 6.92. The molecule has 0 unspecified atom stereocenters. The molecule has 0 aliphatic rings. The Bertz CT molecular complexity index is 998. The van der Waals surface area contributed by atoms with E-state index in [1.54, 1.807) is 0 Å². The molecule has 2 N–H and O–H groups in total. The van der Waals surface area contributed by atoms with E-state index in [1.165, 1.54) is 62.4 Å². The zero-order valence-electron chi connectivity index (χ0n) is 15.3. The molecule has 0 aliphatic carbocycles. The van der Waals surface area contributed by atoms with Crippen molar-refractivity contribution < 1.29 is 18.0 Å². The second-order valence-corrected chi connectivity index (χ2v) is 8.36. The zero-order valence-corrected chi connectivity index (χ0v) is 17.6. The number of ketones is 2. The van der Waals surface area contributed by atoms with Gasteiger partial charge < -0.3 is 0 Å². The summed E-state index contributed by atoms with van der Waals surface area (Å²) in [6.45, 7) is 2.54. The summed E-state index contributed by atoms with van der Waals surface area (Å²) in [4.78, 5) is 22.2. The summed E-state index contributed by atoms with van der Waals surface area (Å²) >= 11 is 11.2. The molecule has 0 bridgehead atoms. The Kier molecular flexibility index (Phi) is 7.49. The summed E-state index contributed by atoms with van der Waals surface area (Å²) in [6, 6.07) is 11.6. The number of halogens is 2. The molecule has 29 heavy (non-hydrogen) atoms. The number of benzene rings is 2. The summed E-state index contributed by atoms with van der Waals surface area (Å²) in [5.41, 5.74) is 6.06. The minimum atomic E-state index is -3.75. The van der Waals surface area contributed by atoms with Crippen molar-refractivity contribution in [2.24, 2.45) is 10.2 Å². The van der Waals surface area contributed by atoms with Crippen molar-refractivity contribution in [1.82, 2.24) is 0 Å². The van der Waals surface area contributed by atoms with Gasteiger partial charge in [0.1, 0.15) is 0 Å². The standard InChI is InChI=1S/C18H16Cl2N4O4S/c1-11(25)17(19)23-21-13-3-7-15(8-4-13)29(27,28)16-9-5-14(6-10-16)22-24-18(20)12(2)26/h3-10,21-22H,1-2H3/b23-17-,24-18?. The first-order valence-corrected chi connectivity index (χ1v) is 10.3. The highest BCUT2D eigenvalue weighted by Gasteiger charge is 2.17. The number of Topliss-reactive ketones (excluding diaryl/α,β-unsaturated/α-hetero) is 2. The zero-order chi connectivity index (χ0) is 21.6. The number of nitrogens with one attached hydrogen (secondary N) is 2. The highest BCUT2D eigenvalue weighted by atomic mass is 35.5. The largest absolute Gasteiger partial charge is 0.292 e. The van der Waals surface area contributed by atoms with Gasteiger partial charge in [-0.15, -0.1) is 0 Å². The third kappa shape index (κ3) is 6.11. The molecule has 0 saturated carbocycles. The fourth-order valence-electron chi connectivity index (χ4n) is 1.94. The maximum atomic E-state index is 12.7. The average Bonchev–Trinajstić information content (AvgIpc) is 2.70. The van der Waals surface area contributed by atoms with Crippen LogP contribution < -0.4 is 10.9 Å². The van der Waals surface area contributed by atoms with E-state index in [0.717, 1.165) is 0 Å². The molecule has 0 aromatic heterocycles. The Morgan fingerprint density at radius 1 is 0.724 bits per heavy atom. The second-order valence-electron chi connectivity index (χ2n) is 5.69. The number of hydrogen-bond donors (Lipinski definition) is 2. The molecule has 2 rings (SSSR count). The van der Waals surface area contributed by atoms with Gasteiger partial charge in [0.05, 0.1) is 21.2 Å². The molecule has 0 fully saturated rings. The minimum Gasteiger partial charge on any atom is -0.292 e. The Balaban J connectivity index is 2.16. The molecule has 0 heterocycles. The van der Waals surface area contributed by atoms with E-state index < -0.39 is 21.4 Å². The van der Waals surface area contributed by atoms with Crippen LogP contribution in [-0.2, 0) is 19.4 Å². The van der Waals surface area contributed by atoms with E-state index in [0.29, 0.717) is 11.4 Å². The number of nitrogens with zero attached hydrogens (tertiary/aromatic N) is 2. The van der Waals surface area contributed by atoms with Crippen LogP contribution in [0.25, 0.3) is 0 Å². The van der Waals surface area contributed by atoms with Gasteiger partial charge in [0.2, 0.25) is 9.84 Å². The molecule has 8 nitrogen and oxygen atoms in total. The monoisotopic (exact) mass is 454 g/mol. The lowest BCUT2D eigenvalue weighted by Gasteiger charge is -2.07. The maximum Gasteiger partial charge on any atom is 0.206 e. The fraction of sp³-hybridized carbons (Fsp3) is 0.111. The van der Waals surface area contributed by atoms with Gasteiger partial charge in [-0.05, 0) is 48.5 Å². The van der Waals surface area contributed by atoms with Crippen LogP contribution >= 0.6 is 23.2 Å². The van der Waals surface area contributed by atoms with Crippen LogP contribution in [0.3, 0.4) is 0 Å². The lowest BCUT2D eigenvalue weighted by Crippen LogP contribution is -2.05. The van der Waals surface area contributed by atoms with Gasteiger partial charge in [0.15, 0.2) is 21.9 Å². The quantitative estimate of drug-likeness (QED) is 0.464. The van der Waals surface area contributed by atoms with Gasteiger partial charge in [-0.1, -0.05) is 23.2 Å². The maximum absolute atomic E-state index is 12.7. The molecule has 0 amide bonds. The predicted octanol–water partition coefficient (Wildman–Crippen LogP) is 3.63. The van der Waals surface area contributed by atoms with Gasteiger partial charge >= 0.3 is 0 Å². The van der Waals surface area contributed by atoms with Gasteiger partial charge in [-0.2, -0.15) is 10.2 Å². The molecule has 0 aliphatic heterocycles. The Morgan fingerprint density at radius 3 is 1.31 bits per heavy atom. The highest BCUT2D eigenvalue weighted by molar-refractivity contribution is 7.91. The van der Waals surface area contributed by atoms with Crippen molar-refractivity contribution in [2.75, 3.05) is 10.9 Å². The molecule has 0 atom stereocenters. The van der Waals surface area contributed by atoms with Crippen LogP contribution in [0.2, 0.25) is 0 Å². The first-order valence-electron chi connectivity index (χ1n) is 8.06. The smallest absolute Gasteiger partial charge is 0.206 e. The molecule has 0 spiro atoms. The van der Waals surface area contributed by atoms with E-state index in [4.69, 9.17) is 23.2 Å². The molecule has 152 valence electrons. The summed E-state index contributed by atoms with van der Waals surface area (Å²) in [6.07, 6.45) is 0. The topological polar surface area (TPSA) is 117 Å². The predicted molar refractivity (Wildman–Crippen MR) is 114 cm³/mol. The van der Waals surface area contributed by atoms with E-state index >= 15 is 0 Å². The number of sulfone groups is 1. The van der Waals surface area contributed by atoms with E-state index in [2.05, 4.69) is 21.1 Å². The van der Waals surface area contributed by atoms with Crippen LogP contribution in [-0.4, -0.2) is 30.3 Å². The molecule has 2 aromatic carbocycles. The SMILES string of the molecule is CC(=O)C(Cl)=NNc1ccc(S(=O)(=O)c2ccc(N/N=C(\Cl)C(C)=O)cc2)cc1. The second kappa shape index (κ2) is 9.64. The van der Waals surface area contributed by atoms with E-state index in [9.17, 15) is 18.0 Å². The molecule has 0 saturated heterocycles. The Morgan fingerprint density at radius 2 is 1.03 bits per heavy atom. The number of hydrazone groups is 2. The van der Waals surface area contributed by atoms with E-state index in [-0.39, 0.29) is 20.1 Å². The van der Waals surface area contributed by atoms with Crippen LogP contribution in [0, 0.1) is 0 Å². The molecule has 0 radical (unpaired) electrons. The van der Waals surface area contributed by atoms with Crippen LogP contribution in [0.15, 0.2) is 68.5 Å². The number of carbonyl (C=O) groups excluding carboxylic acids is 2. The first-order chi connectivity index (χ1) is 13.6. The molecular formula is C18H16Cl2N4O4S. The van der Waals surface area contributed by atoms with Crippen molar-refractivity contribution >= 4 is 66.3 Å². The van der Waals surface area contributed by atoms with Gasteiger partial charge in [-0.25, -0.2) is 8.42 Å². The third-order valence-corrected chi connectivity index (χ3v) is 5.96. The summed E-state index contributed by atoms with van der Waals surface area (Å²) in [7, 11) is -3.75. The van der Waals surface area contributed by atoms with Crippen LogP contribution in [0.4, 0.5) is 11.4 Å². The molecule has 2 aromatic rings. The fourth-order valence-corrected chi connectivity index (χ4v) is 3.28. The number of carbonyl (C=O) groups is 2. The van der Waals surface area contributed by atoms with Crippen molar-refractivity contribution in [3.05, 3.63) is 48.5 Å². The lowest BCUT2D eigenvalue weighted by molar-refractivity contribution is -0.111. The Hall–Kier alpha value is -2.75. The van der Waals surface area contributed by atoms with Crippen LogP contribution in [0.1, 0.15) is 13.8 Å². The number of rotatable bonds is 8. The van der Waals surface area contributed by atoms with Crippen molar-refractivity contribution in [1.29, 1.82) is 0 Å².